The third-order valence-corrected chi connectivity index (χ3v) is 4.19. The zero-order valence-electron chi connectivity index (χ0n) is 14.2. The van der Waals surface area contributed by atoms with Gasteiger partial charge in [0.2, 0.25) is 0 Å². The van der Waals surface area contributed by atoms with Crippen LogP contribution < -0.4 is 5.32 Å². The average Bonchev–Trinajstić information content (AvgIpc) is 2.67. The number of rotatable bonds is 4. The molecule has 2 rings (SSSR count). The summed E-state index contributed by atoms with van der Waals surface area (Å²) in [6.45, 7) is 14.9. The number of nitrogens with one attached hydrogen (secondary N) is 1. The minimum atomic E-state index is 0.214. The van der Waals surface area contributed by atoms with Crippen LogP contribution in [0.2, 0.25) is 0 Å². The maximum atomic E-state index is 5.28. The lowest BCUT2D eigenvalue weighted by Gasteiger charge is -2.24. The van der Waals surface area contributed by atoms with Crippen molar-refractivity contribution in [2.75, 3.05) is 0 Å². The largest absolute Gasteiger partial charge is 0.361 e. The van der Waals surface area contributed by atoms with Crippen molar-refractivity contribution in [3.63, 3.8) is 0 Å². The zero-order chi connectivity index (χ0) is 15.7. The molecule has 21 heavy (non-hydrogen) atoms. The van der Waals surface area contributed by atoms with Crippen molar-refractivity contribution in [3.05, 3.63) is 51.4 Å². The van der Waals surface area contributed by atoms with Crippen molar-refractivity contribution in [2.45, 2.75) is 60.5 Å². The van der Waals surface area contributed by atoms with E-state index in [4.69, 9.17) is 4.52 Å². The minimum absolute atomic E-state index is 0.214. The Kier molecular flexibility index (Phi) is 4.52. The molecule has 0 fully saturated rings. The monoisotopic (exact) mass is 286 g/mol. The van der Waals surface area contributed by atoms with Gasteiger partial charge in [-0.1, -0.05) is 22.9 Å². The Morgan fingerprint density at radius 3 is 1.90 bits per heavy atom. The van der Waals surface area contributed by atoms with E-state index in [9.17, 15) is 0 Å². The third-order valence-electron chi connectivity index (χ3n) is 4.19. The van der Waals surface area contributed by atoms with Crippen molar-refractivity contribution in [2.24, 2.45) is 0 Å². The molecule has 0 aliphatic heterocycles. The second-order valence-corrected chi connectivity index (χ2v) is 6.16. The Hall–Kier alpha value is -1.61. The Bertz CT molecular complexity index is 600. The lowest BCUT2D eigenvalue weighted by molar-refractivity contribution is 0.389. The number of hydrogen-bond donors (Lipinski definition) is 1. The van der Waals surface area contributed by atoms with Crippen LogP contribution >= 0.6 is 0 Å². The molecule has 0 bridgehead atoms. The summed E-state index contributed by atoms with van der Waals surface area (Å²) in [7, 11) is 0. The van der Waals surface area contributed by atoms with E-state index in [2.05, 4.69) is 57.2 Å². The van der Waals surface area contributed by atoms with Crippen LogP contribution in [0.15, 0.2) is 16.7 Å². The molecule has 1 N–H and O–H groups in total. The molecule has 0 radical (unpaired) electrons. The number of aromatic nitrogens is 1. The molecule has 1 heterocycles. The molecule has 1 aromatic carbocycles. The smallest absolute Gasteiger partial charge is 0.138 e. The number of hydrogen-bond acceptors (Lipinski definition) is 3. The average molecular weight is 286 g/mol. The second-order valence-electron chi connectivity index (χ2n) is 6.16. The highest BCUT2D eigenvalue weighted by molar-refractivity contribution is 5.39. The molecule has 3 heteroatoms. The molecule has 2 aromatic rings. The van der Waals surface area contributed by atoms with Crippen molar-refractivity contribution in [1.29, 1.82) is 0 Å². The Balaban J connectivity index is 2.24. The summed E-state index contributed by atoms with van der Waals surface area (Å²) in [4.78, 5) is 0. The fourth-order valence-electron chi connectivity index (χ4n) is 3.52. The number of benzene rings is 1. The first kappa shape index (κ1) is 15.8. The first-order valence-corrected chi connectivity index (χ1v) is 7.57. The van der Waals surface area contributed by atoms with E-state index in [1.54, 1.807) is 0 Å². The minimum Gasteiger partial charge on any atom is -0.361 e. The molecule has 0 amide bonds. The standard InChI is InChI=1S/C18H26N2O/c1-10-8-11(2)17(12(3)9-10)13(4)19-14(5)18-15(6)20-21-16(18)7/h8-9,13-14,19H,1-7H3. The molecule has 3 nitrogen and oxygen atoms in total. The highest BCUT2D eigenvalue weighted by Crippen LogP contribution is 2.28. The Morgan fingerprint density at radius 2 is 1.43 bits per heavy atom. The quantitative estimate of drug-likeness (QED) is 0.890. The summed E-state index contributed by atoms with van der Waals surface area (Å²) in [6, 6.07) is 5.00. The van der Waals surface area contributed by atoms with E-state index in [-0.39, 0.29) is 12.1 Å². The summed E-state index contributed by atoms with van der Waals surface area (Å²) in [6.07, 6.45) is 0. The van der Waals surface area contributed by atoms with Gasteiger partial charge in [-0.25, -0.2) is 0 Å². The second kappa shape index (κ2) is 6.02. The zero-order valence-corrected chi connectivity index (χ0v) is 14.2. The highest BCUT2D eigenvalue weighted by atomic mass is 16.5. The highest BCUT2D eigenvalue weighted by Gasteiger charge is 2.20. The van der Waals surface area contributed by atoms with Crippen molar-refractivity contribution in [1.82, 2.24) is 10.5 Å². The van der Waals surface area contributed by atoms with Gasteiger partial charge in [-0.15, -0.1) is 0 Å². The van der Waals surface area contributed by atoms with Crippen LogP contribution in [0.1, 0.15) is 65.2 Å². The van der Waals surface area contributed by atoms with E-state index >= 15 is 0 Å². The van der Waals surface area contributed by atoms with E-state index in [0.29, 0.717) is 0 Å². The van der Waals surface area contributed by atoms with Crippen LogP contribution in [0, 0.1) is 34.6 Å². The molecule has 0 saturated carbocycles. The lowest BCUT2D eigenvalue weighted by Crippen LogP contribution is -2.24. The van der Waals surface area contributed by atoms with Gasteiger partial charge in [0, 0.05) is 17.6 Å². The fraction of sp³-hybridized carbons (Fsp3) is 0.500. The first-order chi connectivity index (χ1) is 9.81. The topological polar surface area (TPSA) is 38.1 Å². The SMILES string of the molecule is Cc1cc(C)c(C(C)NC(C)c2c(C)noc2C)c(C)c1. The molecule has 114 valence electrons. The van der Waals surface area contributed by atoms with Crippen molar-refractivity contribution in [3.8, 4) is 0 Å². The maximum absolute atomic E-state index is 5.28. The molecular weight excluding hydrogens is 260 g/mol. The summed E-state index contributed by atoms with van der Waals surface area (Å²) >= 11 is 0. The Morgan fingerprint density at radius 1 is 0.905 bits per heavy atom. The molecule has 2 atom stereocenters. The van der Waals surface area contributed by atoms with Crippen molar-refractivity contribution < 1.29 is 4.52 Å². The number of nitrogens with zero attached hydrogens (tertiary/aromatic N) is 1. The van der Waals surface area contributed by atoms with Gasteiger partial charge < -0.3 is 9.84 Å². The van der Waals surface area contributed by atoms with Gasteiger partial charge in [0.25, 0.3) is 0 Å². The van der Waals surface area contributed by atoms with Crippen LogP contribution in [0.4, 0.5) is 0 Å². The summed E-state index contributed by atoms with van der Waals surface area (Å²) in [5.41, 5.74) is 7.54. The molecule has 0 spiro atoms. The van der Waals surface area contributed by atoms with E-state index in [0.717, 1.165) is 11.5 Å². The Labute approximate surface area is 127 Å². The third kappa shape index (κ3) is 3.18. The molecule has 0 aliphatic carbocycles. The molecule has 0 aliphatic rings. The number of aryl methyl sites for hydroxylation is 5. The summed E-state index contributed by atoms with van der Waals surface area (Å²) in [5, 5.41) is 7.73. The normalized spacial score (nSPS) is 14.2. The van der Waals surface area contributed by atoms with Gasteiger partial charge in [0.05, 0.1) is 5.69 Å². The summed E-state index contributed by atoms with van der Waals surface area (Å²) in [5.74, 6) is 0.900. The molecule has 2 unspecified atom stereocenters. The van der Waals surface area contributed by atoms with Gasteiger partial charge >= 0.3 is 0 Å². The molecule has 1 aromatic heterocycles. The maximum Gasteiger partial charge on any atom is 0.138 e. The van der Waals surface area contributed by atoms with Crippen LogP contribution in [-0.4, -0.2) is 5.16 Å². The van der Waals surface area contributed by atoms with E-state index < -0.39 is 0 Å². The van der Waals surface area contributed by atoms with Gasteiger partial charge in [0.1, 0.15) is 5.76 Å². The predicted octanol–water partition coefficient (Wildman–Crippen LogP) is 4.63. The predicted molar refractivity (Wildman–Crippen MR) is 86.6 cm³/mol. The van der Waals surface area contributed by atoms with Crippen LogP contribution in [-0.2, 0) is 0 Å². The van der Waals surface area contributed by atoms with Gasteiger partial charge in [-0.2, -0.15) is 0 Å². The molecule has 0 saturated heterocycles. The van der Waals surface area contributed by atoms with Gasteiger partial charge in [-0.3, -0.25) is 0 Å². The van der Waals surface area contributed by atoms with Gasteiger partial charge in [0.15, 0.2) is 0 Å². The van der Waals surface area contributed by atoms with E-state index in [1.807, 2.05) is 13.8 Å². The van der Waals surface area contributed by atoms with Crippen LogP contribution in [0.25, 0.3) is 0 Å². The fourth-order valence-corrected chi connectivity index (χ4v) is 3.52. The lowest BCUT2D eigenvalue weighted by atomic mass is 9.94. The van der Waals surface area contributed by atoms with Crippen LogP contribution in [0.3, 0.4) is 0 Å². The van der Waals surface area contributed by atoms with Gasteiger partial charge in [-0.05, 0) is 65.2 Å². The first-order valence-electron chi connectivity index (χ1n) is 7.57. The van der Waals surface area contributed by atoms with Crippen molar-refractivity contribution >= 4 is 0 Å². The molecular formula is C18H26N2O. The van der Waals surface area contributed by atoms with E-state index in [1.165, 1.54) is 27.8 Å². The summed E-state index contributed by atoms with van der Waals surface area (Å²) < 4.78 is 5.28. The van der Waals surface area contributed by atoms with Crippen LogP contribution in [0.5, 0.6) is 0 Å².